The van der Waals surface area contributed by atoms with Gasteiger partial charge in [-0.25, -0.2) is 0 Å². The molecule has 0 amide bonds. The molecule has 0 radical (unpaired) electrons. The molecular formula is C6H12N2. The molecule has 0 aliphatic heterocycles. The highest BCUT2D eigenvalue weighted by Gasteiger charge is 1.96. The number of hydrogen-bond acceptors (Lipinski definition) is 1. The Hall–Kier alpha value is -0.790. The minimum absolute atomic E-state index is 0. The molecule has 1 aromatic rings. The molecule has 0 aliphatic carbocycles. The topological polar surface area (TPSA) is 28.7 Å². The van der Waals surface area contributed by atoms with E-state index in [0.29, 0.717) is 5.92 Å². The van der Waals surface area contributed by atoms with Crippen LogP contribution in [0.5, 0.6) is 0 Å². The van der Waals surface area contributed by atoms with E-state index in [0.717, 1.165) is 0 Å². The maximum atomic E-state index is 3.82. The molecule has 1 heterocycles. The van der Waals surface area contributed by atoms with Gasteiger partial charge < -0.3 is 0 Å². The number of hydrogen-bond donors (Lipinski definition) is 1. The van der Waals surface area contributed by atoms with Crippen molar-refractivity contribution >= 4 is 0 Å². The van der Waals surface area contributed by atoms with Gasteiger partial charge in [-0.1, -0.05) is 13.8 Å². The van der Waals surface area contributed by atoms with Gasteiger partial charge >= 0.3 is 0 Å². The second-order valence-electron chi connectivity index (χ2n) is 2.19. The van der Waals surface area contributed by atoms with Crippen molar-refractivity contribution in [2.45, 2.75) is 19.8 Å². The molecule has 8 heavy (non-hydrogen) atoms. The summed E-state index contributed by atoms with van der Waals surface area (Å²) < 4.78 is 0. The highest BCUT2D eigenvalue weighted by molar-refractivity contribution is 5.06. The summed E-state index contributed by atoms with van der Waals surface area (Å²) >= 11 is 0. The molecule has 0 spiro atoms. The van der Waals surface area contributed by atoms with Crippen LogP contribution in [0.4, 0.5) is 0 Å². The Morgan fingerprint density at radius 3 is 2.75 bits per heavy atom. The molecule has 2 nitrogen and oxygen atoms in total. The largest absolute Gasteiger partial charge is 0.285 e. The third-order valence-corrected chi connectivity index (χ3v) is 1.19. The molecule has 1 aromatic heterocycles. The Kier molecular flexibility index (Phi) is 1.33. The Morgan fingerprint density at radius 1 is 1.75 bits per heavy atom. The van der Waals surface area contributed by atoms with Crippen LogP contribution in [0.2, 0.25) is 0 Å². The highest BCUT2D eigenvalue weighted by Crippen LogP contribution is 2.09. The zero-order valence-corrected chi connectivity index (χ0v) is 5.18. The van der Waals surface area contributed by atoms with Crippen molar-refractivity contribution in [3.63, 3.8) is 0 Å². The van der Waals surface area contributed by atoms with Crippen molar-refractivity contribution < 1.29 is 1.43 Å². The van der Waals surface area contributed by atoms with Crippen LogP contribution in [0.1, 0.15) is 26.8 Å². The first-order valence-electron chi connectivity index (χ1n) is 2.79. The quantitative estimate of drug-likeness (QED) is 0.589. The molecule has 0 saturated carbocycles. The van der Waals surface area contributed by atoms with Gasteiger partial charge in [0.25, 0.3) is 0 Å². The van der Waals surface area contributed by atoms with Crippen molar-refractivity contribution in [1.29, 1.82) is 0 Å². The molecular weight excluding hydrogens is 100 g/mol. The fraction of sp³-hybridized carbons (Fsp3) is 0.500. The fourth-order valence-electron chi connectivity index (χ4n) is 0.577. The van der Waals surface area contributed by atoms with Crippen molar-refractivity contribution in [3.05, 3.63) is 18.0 Å². The lowest BCUT2D eigenvalue weighted by Gasteiger charge is -1.94. The van der Waals surface area contributed by atoms with Gasteiger partial charge in [-0.15, -0.1) is 0 Å². The summed E-state index contributed by atoms with van der Waals surface area (Å²) in [6.07, 6.45) is 3.77. The first-order valence-corrected chi connectivity index (χ1v) is 2.79. The summed E-state index contributed by atoms with van der Waals surface area (Å²) in [4.78, 5) is 0. The SMILES string of the molecule is CC(C)c1cn[nH]c1.[HH]. The number of aromatic amines is 1. The number of nitrogens with one attached hydrogen (secondary N) is 1. The Bertz CT molecular complexity index is 146. The number of H-pyrrole nitrogens is 1. The summed E-state index contributed by atoms with van der Waals surface area (Å²) in [6.45, 7) is 4.29. The van der Waals surface area contributed by atoms with E-state index in [2.05, 4.69) is 24.0 Å². The minimum Gasteiger partial charge on any atom is -0.285 e. The van der Waals surface area contributed by atoms with E-state index in [9.17, 15) is 0 Å². The lowest BCUT2D eigenvalue weighted by Crippen LogP contribution is -1.80. The second-order valence-corrected chi connectivity index (χ2v) is 2.19. The van der Waals surface area contributed by atoms with Gasteiger partial charge in [-0.3, -0.25) is 5.10 Å². The standard InChI is InChI=1S/C6H10N2.H2/c1-5(2)6-3-7-8-4-6;/h3-5H,1-2H3,(H,7,8);1H. The van der Waals surface area contributed by atoms with Crippen LogP contribution in [0, 0.1) is 0 Å². The van der Waals surface area contributed by atoms with Crippen LogP contribution in [0.15, 0.2) is 12.4 Å². The zero-order valence-electron chi connectivity index (χ0n) is 5.18. The lowest BCUT2D eigenvalue weighted by atomic mass is 10.1. The van der Waals surface area contributed by atoms with Gasteiger partial charge in [0.1, 0.15) is 0 Å². The lowest BCUT2D eigenvalue weighted by molar-refractivity contribution is 0.868. The van der Waals surface area contributed by atoms with E-state index in [1.54, 1.807) is 0 Å². The maximum Gasteiger partial charge on any atom is 0.0521 e. The Labute approximate surface area is 50.4 Å². The Morgan fingerprint density at radius 2 is 2.50 bits per heavy atom. The van der Waals surface area contributed by atoms with E-state index >= 15 is 0 Å². The van der Waals surface area contributed by atoms with Crippen LogP contribution in [0.3, 0.4) is 0 Å². The van der Waals surface area contributed by atoms with E-state index < -0.39 is 0 Å². The molecule has 0 saturated heterocycles. The van der Waals surface area contributed by atoms with Gasteiger partial charge in [-0.2, -0.15) is 5.10 Å². The van der Waals surface area contributed by atoms with E-state index in [1.807, 2.05) is 12.4 Å². The third kappa shape index (κ3) is 0.886. The average molecular weight is 112 g/mol. The highest BCUT2D eigenvalue weighted by atomic mass is 15.1. The predicted molar refractivity (Wildman–Crippen MR) is 34.8 cm³/mol. The summed E-state index contributed by atoms with van der Waals surface area (Å²) in [5, 5.41) is 6.58. The van der Waals surface area contributed by atoms with Gasteiger partial charge in [0.2, 0.25) is 0 Å². The molecule has 1 rings (SSSR count). The predicted octanol–water partition coefficient (Wildman–Crippen LogP) is 1.78. The minimum atomic E-state index is 0. The summed E-state index contributed by atoms with van der Waals surface area (Å²) in [5.74, 6) is 0.591. The van der Waals surface area contributed by atoms with Crippen molar-refractivity contribution in [1.82, 2.24) is 10.2 Å². The van der Waals surface area contributed by atoms with Gasteiger partial charge in [0.15, 0.2) is 0 Å². The molecule has 0 aromatic carbocycles. The normalized spacial score (nSPS) is 10.4. The van der Waals surface area contributed by atoms with E-state index in [-0.39, 0.29) is 1.43 Å². The van der Waals surface area contributed by atoms with Gasteiger partial charge in [0.05, 0.1) is 6.20 Å². The van der Waals surface area contributed by atoms with Crippen LogP contribution in [0.25, 0.3) is 0 Å². The smallest absolute Gasteiger partial charge is 0.0521 e. The molecule has 1 N–H and O–H groups in total. The van der Waals surface area contributed by atoms with Crippen molar-refractivity contribution in [3.8, 4) is 0 Å². The first-order chi connectivity index (χ1) is 3.80. The van der Waals surface area contributed by atoms with Crippen molar-refractivity contribution in [2.24, 2.45) is 0 Å². The van der Waals surface area contributed by atoms with Gasteiger partial charge in [-0.05, 0) is 11.5 Å². The summed E-state index contributed by atoms with van der Waals surface area (Å²) in [7, 11) is 0. The van der Waals surface area contributed by atoms with Crippen LogP contribution < -0.4 is 0 Å². The third-order valence-electron chi connectivity index (χ3n) is 1.19. The van der Waals surface area contributed by atoms with E-state index in [1.165, 1.54) is 5.56 Å². The van der Waals surface area contributed by atoms with Gasteiger partial charge in [0, 0.05) is 7.62 Å². The summed E-state index contributed by atoms with van der Waals surface area (Å²) in [6, 6.07) is 0. The first kappa shape index (κ1) is 5.35. The zero-order chi connectivity index (χ0) is 5.98. The second kappa shape index (κ2) is 1.99. The number of rotatable bonds is 1. The molecule has 0 aliphatic rings. The molecule has 0 unspecified atom stereocenters. The monoisotopic (exact) mass is 112 g/mol. The molecule has 0 atom stereocenters. The summed E-state index contributed by atoms with van der Waals surface area (Å²) in [5.41, 5.74) is 1.27. The Balaban J connectivity index is 0.000000640. The molecule has 2 heteroatoms. The average Bonchev–Trinajstić information content (AvgIpc) is 2.12. The van der Waals surface area contributed by atoms with Crippen molar-refractivity contribution in [2.75, 3.05) is 0 Å². The molecule has 0 bridgehead atoms. The van der Waals surface area contributed by atoms with Crippen LogP contribution >= 0.6 is 0 Å². The molecule has 0 fully saturated rings. The van der Waals surface area contributed by atoms with Crippen LogP contribution in [-0.4, -0.2) is 10.2 Å². The fourth-order valence-corrected chi connectivity index (χ4v) is 0.577. The van der Waals surface area contributed by atoms with E-state index in [4.69, 9.17) is 0 Å². The van der Waals surface area contributed by atoms with Crippen LogP contribution in [-0.2, 0) is 0 Å². The molecule has 46 valence electrons. The maximum absolute atomic E-state index is 3.82. The number of aromatic nitrogens is 2. The number of nitrogens with zero attached hydrogens (tertiary/aromatic N) is 1.